The van der Waals surface area contributed by atoms with E-state index >= 15 is 0 Å². The molecule has 2 aliphatic heterocycles. The Morgan fingerprint density at radius 1 is 1.42 bits per heavy atom. The highest BCUT2D eigenvalue weighted by Gasteiger charge is 2.37. The third-order valence-electron chi connectivity index (χ3n) is 4.71. The van der Waals surface area contributed by atoms with E-state index in [0.29, 0.717) is 0 Å². The van der Waals surface area contributed by atoms with Crippen LogP contribution in [0.25, 0.3) is 0 Å². The highest BCUT2D eigenvalue weighted by Crippen LogP contribution is 2.37. The first kappa shape index (κ1) is 13.1. The van der Waals surface area contributed by atoms with Crippen LogP contribution in [-0.4, -0.2) is 30.6 Å². The molecule has 3 heterocycles. The number of nitriles is 1. The number of nitrogens with one attached hydrogen (secondary N) is 1. The van der Waals surface area contributed by atoms with Gasteiger partial charge in [-0.2, -0.15) is 5.26 Å². The second-order valence-corrected chi connectivity index (χ2v) is 6.93. The zero-order valence-corrected chi connectivity index (χ0v) is 12.2. The largest absolute Gasteiger partial charge is 0.312 e. The Hall–Kier alpha value is -0.890. The monoisotopic (exact) mass is 275 g/mol. The molecule has 4 heteroatoms. The van der Waals surface area contributed by atoms with Crippen LogP contribution in [0.4, 0.5) is 0 Å². The number of thiophene rings is 1. The molecule has 0 spiro atoms. The molecule has 2 atom stereocenters. The minimum Gasteiger partial charge on any atom is -0.312 e. The van der Waals surface area contributed by atoms with Crippen LogP contribution in [0.2, 0.25) is 0 Å². The van der Waals surface area contributed by atoms with Gasteiger partial charge in [0, 0.05) is 28.9 Å². The van der Waals surface area contributed by atoms with Crippen molar-refractivity contribution in [3.05, 3.63) is 21.9 Å². The first-order valence-corrected chi connectivity index (χ1v) is 8.04. The van der Waals surface area contributed by atoms with Gasteiger partial charge in [-0.3, -0.25) is 0 Å². The molecule has 19 heavy (non-hydrogen) atoms. The second kappa shape index (κ2) is 5.62. The number of piperidine rings is 1. The number of hydrogen-bond donors (Lipinski definition) is 1. The molecule has 3 nitrogen and oxygen atoms in total. The maximum absolute atomic E-state index is 8.80. The first-order chi connectivity index (χ1) is 9.26. The maximum atomic E-state index is 8.80. The van der Waals surface area contributed by atoms with Crippen molar-refractivity contribution >= 4 is 11.3 Å². The van der Waals surface area contributed by atoms with Crippen LogP contribution in [0.5, 0.6) is 0 Å². The number of fused-ring (bicyclic) bond motifs is 2. The van der Waals surface area contributed by atoms with Crippen molar-refractivity contribution in [2.45, 2.75) is 44.3 Å². The lowest BCUT2D eigenvalue weighted by Crippen LogP contribution is -2.42. The van der Waals surface area contributed by atoms with Crippen molar-refractivity contribution < 1.29 is 0 Å². The Bertz CT molecular complexity index is 462. The topological polar surface area (TPSA) is 39.1 Å². The molecular formula is C15H21N3S. The van der Waals surface area contributed by atoms with Gasteiger partial charge in [-0.05, 0) is 51.3 Å². The maximum Gasteiger partial charge on any atom is 0.100 e. The molecule has 2 bridgehead atoms. The summed E-state index contributed by atoms with van der Waals surface area (Å²) >= 11 is 1.68. The van der Waals surface area contributed by atoms with Crippen LogP contribution < -0.4 is 5.32 Å². The van der Waals surface area contributed by atoms with Gasteiger partial charge in [0.2, 0.25) is 0 Å². The van der Waals surface area contributed by atoms with Crippen LogP contribution in [-0.2, 0) is 6.54 Å². The summed E-state index contributed by atoms with van der Waals surface area (Å²) in [6.45, 7) is 2.04. The van der Waals surface area contributed by atoms with E-state index in [1.54, 1.807) is 11.3 Å². The summed E-state index contributed by atoms with van der Waals surface area (Å²) in [5.74, 6) is 0.837. The predicted octanol–water partition coefficient (Wildman–Crippen LogP) is 2.58. The molecule has 102 valence electrons. The summed E-state index contributed by atoms with van der Waals surface area (Å²) in [6.07, 6.45) is 5.50. The SMILES string of the molecule is CN1C2CCC1CC(CNCc1cc(C#N)cs1)C2. The third-order valence-corrected chi connectivity index (χ3v) is 5.65. The molecule has 1 aromatic heterocycles. The van der Waals surface area contributed by atoms with Crippen LogP contribution >= 0.6 is 11.3 Å². The molecule has 2 unspecified atom stereocenters. The highest BCUT2D eigenvalue weighted by atomic mass is 32.1. The van der Waals surface area contributed by atoms with Crippen LogP contribution in [0.1, 0.15) is 36.1 Å². The highest BCUT2D eigenvalue weighted by molar-refractivity contribution is 7.10. The van der Waals surface area contributed by atoms with E-state index in [1.807, 2.05) is 11.4 Å². The second-order valence-electron chi connectivity index (χ2n) is 5.93. The molecule has 0 radical (unpaired) electrons. The lowest BCUT2D eigenvalue weighted by molar-refractivity contribution is 0.133. The Morgan fingerprint density at radius 2 is 2.16 bits per heavy atom. The minimum atomic E-state index is 0.791. The molecule has 0 aliphatic carbocycles. The van der Waals surface area contributed by atoms with Crippen LogP contribution in [0.3, 0.4) is 0 Å². The summed E-state index contributed by atoms with van der Waals surface area (Å²) in [5, 5.41) is 14.3. The minimum absolute atomic E-state index is 0.791. The van der Waals surface area contributed by atoms with E-state index in [9.17, 15) is 0 Å². The number of nitrogens with zero attached hydrogens (tertiary/aromatic N) is 2. The zero-order valence-electron chi connectivity index (χ0n) is 11.4. The molecule has 0 saturated carbocycles. The summed E-state index contributed by atoms with van der Waals surface area (Å²) in [7, 11) is 2.29. The average Bonchev–Trinajstić information content (AvgIpc) is 2.93. The summed E-state index contributed by atoms with van der Waals surface area (Å²) in [4.78, 5) is 3.86. The van der Waals surface area contributed by atoms with Crippen LogP contribution in [0, 0.1) is 17.2 Å². The van der Waals surface area contributed by atoms with E-state index in [4.69, 9.17) is 5.26 Å². The van der Waals surface area contributed by atoms with Crippen molar-refractivity contribution in [3.8, 4) is 6.07 Å². The van der Waals surface area contributed by atoms with Gasteiger partial charge in [0.05, 0.1) is 5.56 Å². The summed E-state index contributed by atoms with van der Waals surface area (Å²) < 4.78 is 0. The fourth-order valence-corrected chi connectivity index (χ4v) is 4.40. The van der Waals surface area contributed by atoms with E-state index in [0.717, 1.165) is 36.7 Å². The van der Waals surface area contributed by atoms with E-state index in [-0.39, 0.29) is 0 Å². The smallest absolute Gasteiger partial charge is 0.100 e. The van der Waals surface area contributed by atoms with Crippen molar-refractivity contribution in [1.82, 2.24) is 10.2 Å². The van der Waals surface area contributed by atoms with E-state index in [2.05, 4.69) is 23.3 Å². The summed E-state index contributed by atoms with van der Waals surface area (Å²) in [5.41, 5.74) is 0.791. The Morgan fingerprint density at radius 3 is 2.79 bits per heavy atom. The fraction of sp³-hybridized carbons (Fsp3) is 0.667. The fourth-order valence-electron chi connectivity index (χ4n) is 3.62. The Balaban J connectivity index is 1.45. The predicted molar refractivity (Wildman–Crippen MR) is 78.0 cm³/mol. The van der Waals surface area contributed by atoms with E-state index < -0.39 is 0 Å². The van der Waals surface area contributed by atoms with Gasteiger partial charge in [0.15, 0.2) is 0 Å². The molecule has 0 amide bonds. The zero-order chi connectivity index (χ0) is 13.2. The van der Waals surface area contributed by atoms with Crippen molar-refractivity contribution in [3.63, 3.8) is 0 Å². The van der Waals surface area contributed by atoms with E-state index in [1.165, 1.54) is 30.6 Å². The molecule has 2 fully saturated rings. The van der Waals surface area contributed by atoms with Gasteiger partial charge in [-0.15, -0.1) is 11.3 Å². The van der Waals surface area contributed by atoms with Crippen molar-refractivity contribution in [2.75, 3.05) is 13.6 Å². The van der Waals surface area contributed by atoms with Gasteiger partial charge < -0.3 is 10.2 Å². The Labute approximate surface area is 119 Å². The number of hydrogen-bond acceptors (Lipinski definition) is 4. The van der Waals surface area contributed by atoms with Gasteiger partial charge in [-0.1, -0.05) is 0 Å². The Kier molecular flexibility index (Phi) is 3.88. The summed E-state index contributed by atoms with van der Waals surface area (Å²) in [6, 6.07) is 5.85. The van der Waals surface area contributed by atoms with Crippen molar-refractivity contribution in [2.24, 2.45) is 5.92 Å². The molecule has 0 aromatic carbocycles. The standard InChI is InChI=1S/C15H21N3S/c1-18-13-2-3-14(18)5-11(4-13)8-17-9-15-6-12(7-16)10-19-15/h6,10-11,13-14,17H,2-5,8-9H2,1H3. The molecule has 1 aromatic rings. The molecule has 2 aliphatic rings. The quantitative estimate of drug-likeness (QED) is 0.918. The normalized spacial score (nSPS) is 30.4. The third kappa shape index (κ3) is 2.84. The molecule has 2 saturated heterocycles. The van der Waals surface area contributed by atoms with Crippen LogP contribution in [0.15, 0.2) is 11.4 Å². The lowest BCUT2D eigenvalue weighted by Gasteiger charge is -2.36. The van der Waals surface area contributed by atoms with Crippen molar-refractivity contribution in [1.29, 1.82) is 5.26 Å². The average molecular weight is 275 g/mol. The number of rotatable bonds is 4. The van der Waals surface area contributed by atoms with Gasteiger partial charge in [0.25, 0.3) is 0 Å². The molecule has 1 N–H and O–H groups in total. The first-order valence-electron chi connectivity index (χ1n) is 7.16. The lowest BCUT2D eigenvalue weighted by atomic mass is 9.91. The van der Waals surface area contributed by atoms with Gasteiger partial charge in [0.1, 0.15) is 6.07 Å². The van der Waals surface area contributed by atoms with Gasteiger partial charge >= 0.3 is 0 Å². The molecule has 3 rings (SSSR count). The molecular weight excluding hydrogens is 254 g/mol. The van der Waals surface area contributed by atoms with Gasteiger partial charge in [-0.25, -0.2) is 0 Å².